The van der Waals surface area contributed by atoms with E-state index < -0.39 is 15.8 Å². The average Bonchev–Trinajstić information content (AvgIpc) is 3.23. The number of hydrogen-bond donors (Lipinski definition) is 1. The number of rotatable bonds is 4. The van der Waals surface area contributed by atoms with Crippen molar-refractivity contribution in [1.82, 2.24) is 4.98 Å². The zero-order valence-electron chi connectivity index (χ0n) is 14.9. The first-order chi connectivity index (χ1) is 13.4. The Morgan fingerprint density at radius 3 is 2.93 bits per heavy atom. The van der Waals surface area contributed by atoms with Crippen LogP contribution in [-0.2, 0) is 26.7 Å². The van der Waals surface area contributed by atoms with Crippen molar-refractivity contribution >= 4 is 59.6 Å². The minimum atomic E-state index is -3.20. The van der Waals surface area contributed by atoms with Gasteiger partial charge < -0.3 is 10.1 Å². The van der Waals surface area contributed by atoms with Gasteiger partial charge in [0.05, 0.1) is 39.4 Å². The minimum Gasteiger partial charge on any atom is -0.462 e. The third-order valence-corrected chi connectivity index (χ3v) is 8.08. The average molecular weight is 437 g/mol. The fourth-order valence-corrected chi connectivity index (χ4v) is 6.85. The van der Waals surface area contributed by atoms with E-state index in [0.29, 0.717) is 21.0 Å². The Kier molecular flexibility index (Phi) is 4.94. The Labute approximate surface area is 169 Å². The van der Waals surface area contributed by atoms with E-state index in [0.717, 1.165) is 21.6 Å². The molecule has 7 nitrogen and oxygen atoms in total. The van der Waals surface area contributed by atoms with Gasteiger partial charge >= 0.3 is 5.97 Å². The maximum Gasteiger partial charge on any atom is 0.341 e. The van der Waals surface area contributed by atoms with Gasteiger partial charge in [0.1, 0.15) is 5.00 Å². The third kappa shape index (κ3) is 3.54. The number of ether oxygens (including phenoxy) is 1. The zero-order valence-corrected chi connectivity index (χ0v) is 17.3. The van der Waals surface area contributed by atoms with Crippen molar-refractivity contribution in [1.29, 1.82) is 0 Å². The van der Waals surface area contributed by atoms with Crippen molar-refractivity contribution in [3.63, 3.8) is 0 Å². The summed E-state index contributed by atoms with van der Waals surface area (Å²) in [6.45, 7) is 1.89. The van der Waals surface area contributed by atoms with Crippen LogP contribution in [0.3, 0.4) is 0 Å². The molecule has 0 saturated heterocycles. The number of hydrogen-bond acceptors (Lipinski definition) is 8. The van der Waals surface area contributed by atoms with E-state index in [2.05, 4.69) is 10.3 Å². The molecule has 0 unspecified atom stereocenters. The molecule has 3 heterocycles. The lowest BCUT2D eigenvalue weighted by Gasteiger charge is -2.13. The molecule has 2 aromatic heterocycles. The quantitative estimate of drug-likeness (QED) is 0.630. The molecule has 0 spiro atoms. The number of fused-ring (bicyclic) bond motifs is 2. The topological polar surface area (TPSA) is 102 Å². The van der Waals surface area contributed by atoms with Gasteiger partial charge in [-0.2, -0.15) is 0 Å². The van der Waals surface area contributed by atoms with Gasteiger partial charge in [-0.1, -0.05) is 0 Å². The highest BCUT2D eigenvalue weighted by Crippen LogP contribution is 2.38. The van der Waals surface area contributed by atoms with Crippen molar-refractivity contribution in [3.05, 3.63) is 45.3 Å². The maximum atomic E-state index is 12.8. The molecule has 1 aliphatic rings. The lowest BCUT2D eigenvalue weighted by atomic mass is 10.1. The molecular weight excluding hydrogens is 420 g/mol. The van der Waals surface area contributed by atoms with Crippen LogP contribution in [0.4, 0.5) is 5.00 Å². The number of esters is 1. The van der Waals surface area contributed by atoms with Crippen LogP contribution < -0.4 is 5.32 Å². The van der Waals surface area contributed by atoms with Crippen molar-refractivity contribution in [2.45, 2.75) is 19.1 Å². The van der Waals surface area contributed by atoms with E-state index in [9.17, 15) is 18.0 Å². The molecule has 10 heteroatoms. The SMILES string of the molecule is CCOC(=O)c1c(NC(=O)c2ccc3ncsc3c2)sc2c1CCS(=O)(=O)C2. The van der Waals surface area contributed by atoms with E-state index in [1.807, 2.05) is 0 Å². The van der Waals surface area contributed by atoms with Crippen molar-refractivity contribution in [3.8, 4) is 0 Å². The van der Waals surface area contributed by atoms with Gasteiger partial charge in [-0.15, -0.1) is 22.7 Å². The molecule has 146 valence electrons. The highest BCUT2D eigenvalue weighted by molar-refractivity contribution is 7.90. The zero-order chi connectivity index (χ0) is 19.9. The summed E-state index contributed by atoms with van der Waals surface area (Å²) in [4.78, 5) is 30.0. The highest BCUT2D eigenvalue weighted by Gasteiger charge is 2.32. The second-order valence-corrected chi connectivity index (χ2v) is 10.4. The minimum absolute atomic E-state index is 0.0153. The standard InChI is InChI=1S/C18H16N2O5S3/c1-2-25-18(22)15-11-5-6-28(23,24)8-14(11)27-17(15)20-16(21)10-3-4-12-13(7-10)26-9-19-12/h3-4,7,9H,2,5-6,8H2,1H3,(H,20,21). The maximum absolute atomic E-state index is 12.8. The third-order valence-electron chi connectivity index (χ3n) is 4.40. The van der Waals surface area contributed by atoms with Gasteiger partial charge in [0, 0.05) is 10.4 Å². The van der Waals surface area contributed by atoms with Crippen LogP contribution in [0, 0.1) is 0 Å². The van der Waals surface area contributed by atoms with Crippen LogP contribution in [-0.4, -0.2) is 37.6 Å². The molecule has 0 fully saturated rings. The van der Waals surface area contributed by atoms with Crippen LogP contribution in [0.5, 0.6) is 0 Å². The number of aromatic nitrogens is 1. The molecule has 0 radical (unpaired) electrons. The van der Waals surface area contributed by atoms with E-state index in [1.54, 1.807) is 30.6 Å². The lowest BCUT2D eigenvalue weighted by Crippen LogP contribution is -2.20. The van der Waals surface area contributed by atoms with E-state index in [4.69, 9.17) is 4.74 Å². The summed E-state index contributed by atoms with van der Waals surface area (Å²) in [6, 6.07) is 5.17. The molecule has 4 rings (SSSR count). The smallest absolute Gasteiger partial charge is 0.341 e. The molecule has 0 atom stereocenters. The van der Waals surface area contributed by atoms with Crippen LogP contribution in [0.1, 0.15) is 38.1 Å². The number of amides is 1. The van der Waals surface area contributed by atoms with Gasteiger partial charge in [0.25, 0.3) is 5.91 Å². The second-order valence-electron chi connectivity index (χ2n) is 6.26. The summed E-state index contributed by atoms with van der Waals surface area (Å²) in [5.41, 5.74) is 3.88. The monoisotopic (exact) mass is 436 g/mol. The van der Waals surface area contributed by atoms with Crippen LogP contribution in [0.15, 0.2) is 23.7 Å². The van der Waals surface area contributed by atoms with Crippen LogP contribution >= 0.6 is 22.7 Å². The Morgan fingerprint density at radius 1 is 1.32 bits per heavy atom. The fraction of sp³-hybridized carbons (Fsp3) is 0.278. The van der Waals surface area contributed by atoms with Crippen molar-refractivity contribution in [2.24, 2.45) is 0 Å². The molecular formula is C18H16N2O5S3. The molecule has 1 N–H and O–H groups in total. The summed E-state index contributed by atoms with van der Waals surface area (Å²) in [5.74, 6) is -1.06. The normalized spacial score (nSPS) is 15.2. The number of anilines is 1. The number of benzene rings is 1. The molecule has 0 aliphatic carbocycles. The summed E-state index contributed by atoms with van der Waals surface area (Å²) >= 11 is 2.56. The molecule has 1 aliphatic heterocycles. The largest absolute Gasteiger partial charge is 0.462 e. The predicted octanol–water partition coefficient (Wildman–Crippen LogP) is 3.26. The number of nitrogens with zero attached hydrogens (tertiary/aromatic N) is 1. The van der Waals surface area contributed by atoms with Gasteiger partial charge in [0.15, 0.2) is 9.84 Å². The first-order valence-electron chi connectivity index (χ1n) is 8.54. The van der Waals surface area contributed by atoms with Crippen LogP contribution in [0.25, 0.3) is 10.2 Å². The Balaban J connectivity index is 1.70. The Bertz CT molecular complexity index is 1190. The summed E-state index contributed by atoms with van der Waals surface area (Å²) in [7, 11) is -3.20. The van der Waals surface area contributed by atoms with E-state index >= 15 is 0 Å². The van der Waals surface area contributed by atoms with Crippen molar-refractivity contribution in [2.75, 3.05) is 17.7 Å². The molecule has 0 bridgehead atoms. The second kappa shape index (κ2) is 7.26. The molecule has 1 amide bonds. The number of carbonyl (C=O) groups is 2. The molecule has 3 aromatic rings. The summed E-state index contributed by atoms with van der Waals surface area (Å²) < 4.78 is 30.0. The number of thiazole rings is 1. The number of nitrogens with one attached hydrogen (secondary N) is 1. The molecule has 1 aromatic carbocycles. The van der Waals surface area contributed by atoms with Crippen LogP contribution in [0.2, 0.25) is 0 Å². The molecule has 28 heavy (non-hydrogen) atoms. The number of sulfone groups is 1. The predicted molar refractivity (Wildman–Crippen MR) is 109 cm³/mol. The lowest BCUT2D eigenvalue weighted by molar-refractivity contribution is 0.0527. The first kappa shape index (κ1) is 19.0. The summed E-state index contributed by atoms with van der Waals surface area (Å²) in [5, 5.41) is 3.10. The Morgan fingerprint density at radius 2 is 2.14 bits per heavy atom. The van der Waals surface area contributed by atoms with E-state index in [1.165, 1.54) is 11.3 Å². The van der Waals surface area contributed by atoms with Crippen molar-refractivity contribution < 1.29 is 22.7 Å². The highest BCUT2D eigenvalue weighted by atomic mass is 32.2. The number of thiophene rings is 1. The fourth-order valence-electron chi connectivity index (χ4n) is 3.10. The van der Waals surface area contributed by atoms with Gasteiger partial charge in [-0.05, 0) is 37.1 Å². The number of carbonyl (C=O) groups excluding carboxylic acids is 2. The Hall–Kier alpha value is -2.30. The molecule has 0 saturated carbocycles. The summed E-state index contributed by atoms with van der Waals surface area (Å²) in [6.07, 6.45) is 0.241. The van der Waals surface area contributed by atoms with Gasteiger partial charge in [-0.25, -0.2) is 18.2 Å². The van der Waals surface area contributed by atoms with Gasteiger partial charge in [0.2, 0.25) is 0 Å². The van der Waals surface area contributed by atoms with Gasteiger partial charge in [-0.3, -0.25) is 4.79 Å². The van der Waals surface area contributed by atoms with E-state index in [-0.39, 0.29) is 36.0 Å². The first-order valence-corrected chi connectivity index (χ1v) is 12.1.